The van der Waals surface area contributed by atoms with Crippen LogP contribution in [0.15, 0.2) is 47.4 Å². The van der Waals surface area contributed by atoms with E-state index in [1.807, 2.05) is 0 Å². The van der Waals surface area contributed by atoms with Gasteiger partial charge in [-0.1, -0.05) is 11.6 Å². The van der Waals surface area contributed by atoms with E-state index in [-0.39, 0.29) is 22.4 Å². The number of ether oxygens (including phenoxy) is 3. The summed E-state index contributed by atoms with van der Waals surface area (Å²) in [6.07, 6.45) is -0.389. The van der Waals surface area contributed by atoms with E-state index in [0.717, 1.165) is 4.31 Å². The minimum atomic E-state index is -4.12. The van der Waals surface area contributed by atoms with Crippen molar-refractivity contribution in [1.82, 2.24) is 0 Å². The van der Waals surface area contributed by atoms with Crippen molar-refractivity contribution >= 4 is 33.3 Å². The standard InChI is InChI=1S/C19H22ClNO6S/c1-13(2)27-19(22)12-21(17-11-15(25-3)7-10-18(17)26-4)28(23,24)16-8-5-14(20)6-9-16/h5-11,13H,12H2,1-4H3. The SMILES string of the molecule is COc1ccc(OC)c(N(CC(=O)OC(C)C)S(=O)(=O)c2ccc(Cl)cc2)c1. The minimum Gasteiger partial charge on any atom is -0.497 e. The molecule has 0 amide bonds. The van der Waals surface area contributed by atoms with Gasteiger partial charge in [0, 0.05) is 11.1 Å². The molecule has 0 bridgehead atoms. The van der Waals surface area contributed by atoms with Crippen LogP contribution in [-0.4, -0.2) is 41.3 Å². The molecule has 0 N–H and O–H groups in total. The Morgan fingerprint density at radius 3 is 2.25 bits per heavy atom. The first kappa shape index (κ1) is 21.8. The van der Waals surface area contributed by atoms with Gasteiger partial charge in [-0.2, -0.15) is 0 Å². The molecule has 0 aliphatic rings. The number of anilines is 1. The van der Waals surface area contributed by atoms with Crippen LogP contribution in [0.2, 0.25) is 5.02 Å². The van der Waals surface area contributed by atoms with Gasteiger partial charge < -0.3 is 14.2 Å². The minimum absolute atomic E-state index is 0.0286. The summed E-state index contributed by atoms with van der Waals surface area (Å²) in [5.74, 6) is -0.0302. The molecule has 28 heavy (non-hydrogen) atoms. The molecule has 2 aromatic carbocycles. The zero-order valence-corrected chi connectivity index (χ0v) is 17.6. The summed E-state index contributed by atoms with van der Waals surface area (Å²) < 4.78 is 43.2. The maximum Gasteiger partial charge on any atom is 0.327 e. The lowest BCUT2D eigenvalue weighted by Crippen LogP contribution is -2.37. The molecule has 0 aliphatic heterocycles. The lowest BCUT2D eigenvalue weighted by Gasteiger charge is -2.26. The smallest absolute Gasteiger partial charge is 0.327 e. The highest BCUT2D eigenvalue weighted by molar-refractivity contribution is 7.92. The quantitative estimate of drug-likeness (QED) is 0.599. The van der Waals surface area contributed by atoms with E-state index in [9.17, 15) is 13.2 Å². The Bertz CT molecular complexity index is 928. The third-order valence-electron chi connectivity index (χ3n) is 3.70. The lowest BCUT2D eigenvalue weighted by molar-refractivity contribution is -0.145. The monoisotopic (exact) mass is 427 g/mol. The van der Waals surface area contributed by atoms with Crippen LogP contribution in [0.25, 0.3) is 0 Å². The summed E-state index contributed by atoms with van der Waals surface area (Å²) in [7, 11) is -1.26. The fraction of sp³-hybridized carbons (Fsp3) is 0.316. The topological polar surface area (TPSA) is 82.1 Å². The van der Waals surface area contributed by atoms with Gasteiger partial charge in [-0.3, -0.25) is 9.10 Å². The van der Waals surface area contributed by atoms with E-state index < -0.39 is 22.5 Å². The number of methoxy groups -OCH3 is 2. The Labute approximate surface area is 169 Å². The van der Waals surface area contributed by atoms with Crippen LogP contribution < -0.4 is 13.8 Å². The summed E-state index contributed by atoms with van der Waals surface area (Å²) in [4.78, 5) is 12.3. The number of hydrogen-bond donors (Lipinski definition) is 0. The van der Waals surface area contributed by atoms with Crippen molar-refractivity contribution in [3.8, 4) is 11.5 Å². The van der Waals surface area contributed by atoms with Crippen molar-refractivity contribution < 1.29 is 27.4 Å². The molecule has 0 saturated carbocycles. The normalized spacial score (nSPS) is 11.2. The maximum atomic E-state index is 13.3. The number of sulfonamides is 1. The number of hydrogen-bond acceptors (Lipinski definition) is 6. The number of nitrogens with zero attached hydrogens (tertiary/aromatic N) is 1. The Kier molecular flexibility index (Phi) is 7.15. The number of carbonyl (C=O) groups is 1. The molecule has 7 nitrogen and oxygen atoms in total. The molecule has 9 heteroatoms. The van der Waals surface area contributed by atoms with Gasteiger partial charge in [0.25, 0.3) is 10.0 Å². The fourth-order valence-corrected chi connectivity index (χ4v) is 3.98. The van der Waals surface area contributed by atoms with E-state index in [2.05, 4.69) is 0 Å². The number of carbonyl (C=O) groups excluding carboxylic acids is 1. The lowest BCUT2D eigenvalue weighted by atomic mass is 10.2. The zero-order chi connectivity index (χ0) is 20.9. The van der Waals surface area contributed by atoms with Crippen molar-refractivity contribution in [1.29, 1.82) is 0 Å². The molecule has 0 saturated heterocycles. The highest BCUT2D eigenvalue weighted by atomic mass is 35.5. The molecule has 2 rings (SSSR count). The summed E-state index contributed by atoms with van der Waals surface area (Å²) in [6.45, 7) is 2.83. The molecule has 0 atom stereocenters. The van der Waals surface area contributed by atoms with Crippen molar-refractivity contribution in [2.24, 2.45) is 0 Å². The molecule has 0 heterocycles. The first-order valence-corrected chi connectivity index (χ1v) is 10.2. The molecule has 0 aromatic heterocycles. The molecule has 2 aromatic rings. The maximum absolute atomic E-state index is 13.3. The molecule has 0 fully saturated rings. The van der Waals surface area contributed by atoms with Crippen LogP contribution >= 0.6 is 11.6 Å². The van der Waals surface area contributed by atoms with Gasteiger partial charge in [0.1, 0.15) is 18.0 Å². The molecule has 152 valence electrons. The molecule has 0 unspecified atom stereocenters. The summed E-state index contributed by atoms with van der Waals surface area (Å²) in [6, 6.07) is 10.3. The molecular weight excluding hydrogens is 406 g/mol. The summed E-state index contributed by atoms with van der Waals surface area (Å²) in [5, 5.41) is 0.392. The van der Waals surface area contributed by atoms with Gasteiger partial charge in [0.15, 0.2) is 0 Å². The van der Waals surface area contributed by atoms with Gasteiger partial charge in [-0.15, -0.1) is 0 Å². The summed E-state index contributed by atoms with van der Waals surface area (Å²) >= 11 is 5.87. The molecule has 0 radical (unpaired) electrons. The Balaban J connectivity index is 2.60. The third kappa shape index (κ3) is 5.08. The van der Waals surface area contributed by atoms with Crippen LogP contribution in [0, 0.1) is 0 Å². The van der Waals surface area contributed by atoms with Gasteiger partial charge in [-0.05, 0) is 50.2 Å². The summed E-state index contributed by atoms with van der Waals surface area (Å²) in [5.41, 5.74) is 0.150. The number of benzene rings is 2. The van der Waals surface area contributed by atoms with E-state index in [4.69, 9.17) is 25.8 Å². The van der Waals surface area contributed by atoms with Crippen molar-refractivity contribution in [2.75, 3.05) is 25.1 Å². The van der Waals surface area contributed by atoms with Crippen LogP contribution in [0.4, 0.5) is 5.69 Å². The number of rotatable bonds is 8. The Morgan fingerprint density at radius 1 is 1.07 bits per heavy atom. The van der Waals surface area contributed by atoms with Crippen molar-refractivity contribution in [3.05, 3.63) is 47.5 Å². The third-order valence-corrected chi connectivity index (χ3v) is 5.72. The predicted octanol–water partition coefficient (Wildman–Crippen LogP) is 3.50. The van der Waals surface area contributed by atoms with Crippen LogP contribution in [0.3, 0.4) is 0 Å². The first-order chi connectivity index (χ1) is 13.2. The van der Waals surface area contributed by atoms with Crippen molar-refractivity contribution in [2.45, 2.75) is 24.8 Å². The highest BCUT2D eigenvalue weighted by Gasteiger charge is 2.30. The van der Waals surface area contributed by atoms with E-state index in [1.54, 1.807) is 26.0 Å². The molecule has 0 aliphatic carbocycles. The van der Waals surface area contributed by atoms with E-state index in [1.165, 1.54) is 44.6 Å². The van der Waals surface area contributed by atoms with Gasteiger partial charge in [0.05, 0.1) is 30.9 Å². The first-order valence-electron chi connectivity index (χ1n) is 8.39. The fourth-order valence-electron chi connectivity index (χ4n) is 2.44. The highest BCUT2D eigenvalue weighted by Crippen LogP contribution is 2.35. The second kappa shape index (κ2) is 9.16. The van der Waals surface area contributed by atoms with Crippen LogP contribution in [0.5, 0.6) is 11.5 Å². The van der Waals surface area contributed by atoms with E-state index >= 15 is 0 Å². The average Bonchev–Trinajstić information content (AvgIpc) is 2.65. The Morgan fingerprint density at radius 2 is 1.71 bits per heavy atom. The number of esters is 1. The second-order valence-corrected chi connectivity index (χ2v) is 8.34. The van der Waals surface area contributed by atoms with Gasteiger partial charge in [0.2, 0.25) is 0 Å². The van der Waals surface area contributed by atoms with Gasteiger partial charge >= 0.3 is 5.97 Å². The number of halogens is 1. The average molecular weight is 428 g/mol. The molecule has 0 spiro atoms. The predicted molar refractivity (Wildman–Crippen MR) is 107 cm³/mol. The second-order valence-electron chi connectivity index (χ2n) is 6.04. The molecular formula is C19H22ClNO6S. The van der Waals surface area contributed by atoms with Crippen LogP contribution in [-0.2, 0) is 19.6 Å². The Hall–Kier alpha value is -2.45. The largest absolute Gasteiger partial charge is 0.497 e. The zero-order valence-electron chi connectivity index (χ0n) is 16.0. The van der Waals surface area contributed by atoms with Gasteiger partial charge in [-0.25, -0.2) is 8.42 Å². The van der Waals surface area contributed by atoms with Crippen molar-refractivity contribution in [3.63, 3.8) is 0 Å². The van der Waals surface area contributed by atoms with Crippen LogP contribution in [0.1, 0.15) is 13.8 Å². The van der Waals surface area contributed by atoms with E-state index in [0.29, 0.717) is 10.8 Å².